The number of halogens is 1. The highest BCUT2D eigenvalue weighted by Crippen LogP contribution is 2.36. The van der Waals surface area contributed by atoms with E-state index in [2.05, 4.69) is 29.6 Å². The van der Waals surface area contributed by atoms with Gasteiger partial charge in [0.05, 0.1) is 0 Å². The predicted molar refractivity (Wildman–Crippen MR) is 112 cm³/mol. The zero-order valence-corrected chi connectivity index (χ0v) is 16.5. The van der Waals surface area contributed by atoms with Crippen molar-refractivity contribution in [1.82, 2.24) is 0 Å². The molecule has 144 valence electrons. The highest BCUT2D eigenvalue weighted by molar-refractivity contribution is 6.30. The van der Waals surface area contributed by atoms with E-state index in [1.54, 1.807) is 24.3 Å². The second-order valence-corrected chi connectivity index (χ2v) is 7.36. The number of carbonyl (C=O) groups is 1. The number of hydrogen-bond donors (Lipinski definition) is 1. The van der Waals surface area contributed by atoms with Crippen molar-refractivity contribution in [3.63, 3.8) is 0 Å². The van der Waals surface area contributed by atoms with E-state index < -0.39 is 0 Å². The van der Waals surface area contributed by atoms with Crippen molar-refractivity contribution < 1.29 is 4.79 Å². The molecule has 0 aliphatic heterocycles. The van der Waals surface area contributed by atoms with Gasteiger partial charge < -0.3 is 5.32 Å². The number of anilines is 1. The van der Waals surface area contributed by atoms with Crippen LogP contribution in [0.3, 0.4) is 0 Å². The molecule has 0 unspecified atom stereocenters. The Kier molecular flexibility index (Phi) is 8.99. The molecular weight excluding hydrogens is 360 g/mol. The van der Waals surface area contributed by atoms with Gasteiger partial charge in [0, 0.05) is 10.7 Å². The third kappa shape index (κ3) is 7.14. The molecule has 0 bridgehead atoms. The predicted octanol–water partition coefficient (Wildman–Crippen LogP) is 6.55. The first-order valence-corrected chi connectivity index (χ1v) is 9.87. The topological polar surface area (TPSA) is 58.5 Å². The van der Waals surface area contributed by atoms with E-state index in [-0.39, 0.29) is 0 Å². The molecule has 2 aromatic carbocycles. The van der Waals surface area contributed by atoms with Crippen LogP contribution in [-0.4, -0.2) is 6.41 Å². The van der Waals surface area contributed by atoms with Gasteiger partial charge in [0.25, 0.3) is 0 Å². The van der Waals surface area contributed by atoms with Crippen LogP contribution in [-0.2, 0) is 11.3 Å². The Balaban J connectivity index is 0.000000223. The van der Waals surface area contributed by atoms with E-state index in [9.17, 15) is 9.70 Å². The molecule has 0 spiro atoms. The quantitative estimate of drug-likeness (QED) is 0.452. The minimum atomic E-state index is 0.294. The van der Waals surface area contributed by atoms with Gasteiger partial charge in [-0.3, -0.25) is 4.79 Å². The van der Waals surface area contributed by atoms with E-state index in [1.165, 1.54) is 37.7 Å². The van der Waals surface area contributed by atoms with E-state index in [0.717, 1.165) is 23.1 Å². The molecule has 0 heterocycles. The standard InChI is InChI=1S/C15H21NO.C7H6ClNO/c1-2-12-3-7-14(8-4-12)15-9-5-13(6-10-15)11-16-17;8-6-1-3-7(4-2-6)9-5-10/h5-6,9-10,12,14H,2-4,7-8,11H2,1H3;1-5H,(H,9,10). The van der Waals surface area contributed by atoms with E-state index in [4.69, 9.17) is 11.6 Å². The molecule has 2 aromatic rings. The van der Waals surface area contributed by atoms with Crippen molar-refractivity contribution in [3.05, 3.63) is 69.6 Å². The first-order valence-electron chi connectivity index (χ1n) is 9.50. The number of nitrogens with zero attached hydrogens (tertiary/aromatic N) is 1. The number of carbonyl (C=O) groups excluding carboxylic acids is 1. The van der Waals surface area contributed by atoms with Gasteiger partial charge in [0.2, 0.25) is 6.41 Å². The summed E-state index contributed by atoms with van der Waals surface area (Å²) in [6.45, 7) is 2.59. The SMILES string of the molecule is CCC1CCC(c2ccc(CN=O)cc2)CC1.O=CNc1ccc(Cl)cc1. The number of hydrogen-bond acceptors (Lipinski definition) is 3. The van der Waals surface area contributed by atoms with Crippen LogP contribution in [0.2, 0.25) is 5.02 Å². The van der Waals surface area contributed by atoms with Gasteiger partial charge in [-0.15, -0.1) is 0 Å². The molecule has 1 aliphatic carbocycles. The first kappa shape index (κ1) is 21.1. The van der Waals surface area contributed by atoms with Crippen LogP contribution in [0.15, 0.2) is 53.7 Å². The number of amides is 1. The van der Waals surface area contributed by atoms with E-state index in [1.807, 2.05) is 12.1 Å². The summed E-state index contributed by atoms with van der Waals surface area (Å²) < 4.78 is 0. The summed E-state index contributed by atoms with van der Waals surface area (Å²) in [5, 5.41) is 6.08. The third-order valence-electron chi connectivity index (χ3n) is 5.19. The Morgan fingerprint density at radius 1 is 1.04 bits per heavy atom. The zero-order valence-electron chi connectivity index (χ0n) is 15.7. The lowest BCUT2D eigenvalue weighted by Crippen LogP contribution is -2.12. The van der Waals surface area contributed by atoms with Gasteiger partial charge >= 0.3 is 0 Å². The number of benzene rings is 2. The average Bonchev–Trinajstić information content (AvgIpc) is 2.71. The zero-order chi connectivity index (χ0) is 19.5. The minimum Gasteiger partial charge on any atom is -0.329 e. The highest BCUT2D eigenvalue weighted by Gasteiger charge is 2.20. The molecule has 4 nitrogen and oxygen atoms in total. The molecule has 1 amide bonds. The smallest absolute Gasteiger partial charge is 0.211 e. The molecule has 0 saturated heterocycles. The summed E-state index contributed by atoms with van der Waals surface area (Å²) in [6.07, 6.45) is 7.35. The largest absolute Gasteiger partial charge is 0.329 e. The number of rotatable bonds is 6. The van der Waals surface area contributed by atoms with Gasteiger partial charge in [-0.25, -0.2) is 0 Å². The molecule has 3 rings (SSSR count). The van der Waals surface area contributed by atoms with Gasteiger partial charge in [-0.2, -0.15) is 4.91 Å². The Hall–Kier alpha value is -2.20. The van der Waals surface area contributed by atoms with Crippen molar-refractivity contribution in [3.8, 4) is 0 Å². The highest BCUT2D eigenvalue weighted by atomic mass is 35.5. The van der Waals surface area contributed by atoms with Crippen LogP contribution in [0.5, 0.6) is 0 Å². The second kappa shape index (κ2) is 11.5. The number of nitroso groups, excluding NO2 is 1. The molecule has 0 atom stereocenters. The van der Waals surface area contributed by atoms with E-state index in [0.29, 0.717) is 18.0 Å². The summed E-state index contributed by atoms with van der Waals surface area (Å²) >= 11 is 5.60. The van der Waals surface area contributed by atoms with Crippen molar-refractivity contribution in [2.45, 2.75) is 51.5 Å². The van der Waals surface area contributed by atoms with Crippen LogP contribution in [0.4, 0.5) is 5.69 Å². The van der Waals surface area contributed by atoms with Crippen molar-refractivity contribution >= 4 is 23.7 Å². The fraction of sp³-hybridized carbons (Fsp3) is 0.409. The lowest BCUT2D eigenvalue weighted by atomic mass is 9.78. The molecule has 1 saturated carbocycles. The van der Waals surface area contributed by atoms with Crippen LogP contribution >= 0.6 is 11.6 Å². The van der Waals surface area contributed by atoms with Crippen LogP contribution < -0.4 is 5.32 Å². The number of nitrogens with one attached hydrogen (secondary N) is 1. The second-order valence-electron chi connectivity index (χ2n) is 6.92. The van der Waals surface area contributed by atoms with Crippen LogP contribution in [0.1, 0.15) is 56.1 Å². The Bertz CT molecular complexity index is 693. The first-order chi connectivity index (χ1) is 13.2. The van der Waals surface area contributed by atoms with Crippen molar-refractivity contribution in [1.29, 1.82) is 0 Å². The summed E-state index contributed by atoms with van der Waals surface area (Å²) in [5.41, 5.74) is 3.21. The van der Waals surface area contributed by atoms with Crippen LogP contribution in [0, 0.1) is 10.8 Å². The van der Waals surface area contributed by atoms with Crippen molar-refractivity contribution in [2.24, 2.45) is 11.1 Å². The van der Waals surface area contributed by atoms with Crippen LogP contribution in [0.25, 0.3) is 0 Å². The Morgan fingerprint density at radius 3 is 2.19 bits per heavy atom. The summed E-state index contributed by atoms with van der Waals surface area (Å²) in [4.78, 5) is 20.1. The lowest BCUT2D eigenvalue weighted by Gasteiger charge is -2.28. The third-order valence-corrected chi connectivity index (χ3v) is 5.44. The summed E-state index contributed by atoms with van der Waals surface area (Å²) in [5.74, 6) is 1.68. The molecule has 1 aliphatic rings. The average molecular weight is 387 g/mol. The molecule has 1 N–H and O–H groups in total. The van der Waals surface area contributed by atoms with Gasteiger partial charge in [-0.1, -0.05) is 54.4 Å². The molecular formula is C22H27ClN2O2. The fourth-order valence-electron chi connectivity index (χ4n) is 3.49. The molecule has 1 fully saturated rings. The fourth-order valence-corrected chi connectivity index (χ4v) is 3.61. The van der Waals surface area contributed by atoms with E-state index >= 15 is 0 Å². The maximum absolute atomic E-state index is 10.2. The molecule has 0 radical (unpaired) electrons. The Morgan fingerprint density at radius 2 is 1.67 bits per heavy atom. The maximum Gasteiger partial charge on any atom is 0.211 e. The summed E-state index contributed by atoms with van der Waals surface area (Å²) in [6, 6.07) is 15.3. The minimum absolute atomic E-state index is 0.294. The van der Waals surface area contributed by atoms with Gasteiger partial charge in [0.15, 0.2) is 0 Å². The monoisotopic (exact) mass is 386 g/mol. The molecule has 27 heavy (non-hydrogen) atoms. The molecule has 0 aromatic heterocycles. The van der Waals surface area contributed by atoms with Gasteiger partial charge in [0.1, 0.15) is 6.54 Å². The van der Waals surface area contributed by atoms with Crippen molar-refractivity contribution in [2.75, 3.05) is 5.32 Å². The maximum atomic E-state index is 10.2. The van der Waals surface area contributed by atoms with Gasteiger partial charge in [-0.05, 0) is 72.9 Å². The lowest BCUT2D eigenvalue weighted by molar-refractivity contribution is -0.105. The summed E-state index contributed by atoms with van der Waals surface area (Å²) in [7, 11) is 0. The molecule has 5 heteroatoms. The Labute approximate surface area is 166 Å². The normalized spacial score (nSPS) is 18.7.